The number of allylic oxidation sites excluding steroid dienone is 2. The molecule has 6 aliphatic rings. The van der Waals surface area contributed by atoms with E-state index in [0.29, 0.717) is 36.8 Å². The molecule has 6 aliphatic carbocycles. The van der Waals surface area contributed by atoms with Crippen LogP contribution in [0.5, 0.6) is 0 Å². The van der Waals surface area contributed by atoms with Crippen LogP contribution < -0.4 is 22.2 Å². The maximum Gasteiger partial charge on any atom is 0.282 e. The van der Waals surface area contributed by atoms with Gasteiger partial charge in [0.05, 0.1) is 29.9 Å². The third-order valence-corrected chi connectivity index (χ3v) is 18.2. The van der Waals surface area contributed by atoms with Crippen molar-refractivity contribution in [1.29, 1.82) is 0 Å². The highest BCUT2D eigenvalue weighted by atomic mass is 16.5. The molecule has 1 fully saturated rings. The van der Waals surface area contributed by atoms with Gasteiger partial charge in [0, 0.05) is 90.7 Å². The average Bonchev–Trinajstić information content (AvgIpc) is 3.83. The molecule has 7 atom stereocenters. The molecule has 17 heteroatoms. The maximum atomic E-state index is 12.7. The van der Waals surface area contributed by atoms with Crippen LogP contribution in [0, 0.1) is 62.5 Å². The number of rotatable bonds is 0. The van der Waals surface area contributed by atoms with Crippen LogP contribution in [-0.4, -0.2) is 63.7 Å². The third kappa shape index (κ3) is 8.48. The Hall–Kier alpha value is -6.17. The van der Waals surface area contributed by atoms with Crippen LogP contribution in [-0.2, 0) is 78.1 Å². The summed E-state index contributed by atoms with van der Waals surface area (Å²) >= 11 is 0. The highest BCUT2D eigenvalue weighted by molar-refractivity contribution is 6.02. The number of hydrogen-bond acceptors (Lipinski definition) is 12. The first kappa shape index (κ1) is 54.6. The summed E-state index contributed by atoms with van der Waals surface area (Å²) in [6, 6.07) is -0.636. The molecule has 0 spiro atoms. The van der Waals surface area contributed by atoms with E-state index in [4.69, 9.17) is 39.2 Å². The number of hydroxylamine groups is 1. The first-order valence-electron chi connectivity index (χ1n) is 26.0. The molecule has 0 amide bonds. The lowest BCUT2D eigenvalue weighted by molar-refractivity contribution is -0.137. The van der Waals surface area contributed by atoms with Gasteiger partial charge < -0.3 is 19.4 Å². The minimum absolute atomic E-state index is 0.0142. The maximum absolute atomic E-state index is 12.7. The van der Waals surface area contributed by atoms with Crippen molar-refractivity contribution >= 4 is 11.6 Å². The SMILES string of the molecule is CNO.Cc1nc2c(c(=O)n1C)CC[C@H]1C(C)(C)c3oncc3C[C@]21C.[3H]C.[C-]#[N+]C1=C[C@]2(C)c3nc(C)n(C)c(=O)c3CC[C@H]2C(C)(C)C1=O.[C-]#[N+]C1C[C@]2(C)c3nc(C)n(C)c(=O)c3CC[C@H]2C(C)(C)C1=O. The number of hydrogen-bond donors (Lipinski definition) is 2. The number of fused-ring (bicyclic) bond motifs is 10. The van der Waals surface area contributed by atoms with Crippen molar-refractivity contribution in [2.24, 2.45) is 49.7 Å². The van der Waals surface area contributed by atoms with E-state index in [0.717, 1.165) is 83.0 Å². The van der Waals surface area contributed by atoms with Crippen molar-refractivity contribution in [1.82, 2.24) is 39.3 Å². The van der Waals surface area contributed by atoms with Gasteiger partial charge >= 0.3 is 0 Å². The lowest BCUT2D eigenvalue weighted by Crippen LogP contribution is -2.58. The zero-order valence-corrected chi connectivity index (χ0v) is 46.0. The number of nitrogens with zero attached hydrogens (tertiary/aromatic N) is 9. The Morgan fingerprint density at radius 3 is 1.59 bits per heavy atom. The van der Waals surface area contributed by atoms with Gasteiger partial charge in [-0.05, 0) is 83.5 Å². The second kappa shape index (κ2) is 19.3. The molecule has 17 nitrogen and oxygen atoms in total. The molecule has 0 aromatic carbocycles. The van der Waals surface area contributed by atoms with E-state index < -0.39 is 27.7 Å². The first-order chi connectivity index (χ1) is 34.5. The monoisotopic (exact) mass is 1000 g/mol. The van der Waals surface area contributed by atoms with Crippen molar-refractivity contribution in [3.05, 3.63) is 134 Å². The fourth-order valence-corrected chi connectivity index (χ4v) is 14.3. The summed E-state index contributed by atoms with van der Waals surface area (Å²) in [5.41, 5.74) is 5.76. The van der Waals surface area contributed by atoms with E-state index >= 15 is 0 Å². The predicted molar refractivity (Wildman–Crippen MR) is 278 cm³/mol. The average molecular weight is 1000 g/mol. The summed E-state index contributed by atoms with van der Waals surface area (Å²) in [6.45, 7) is 38.9. The van der Waals surface area contributed by atoms with E-state index in [2.05, 4.69) is 42.5 Å². The number of aromatic nitrogens is 7. The number of Topliss-reactive ketones (excluding diaryl/α,β-unsaturated/α-hetero) is 2. The molecule has 4 aromatic heterocycles. The molecule has 4 aromatic rings. The van der Waals surface area contributed by atoms with Crippen molar-refractivity contribution in [3.8, 4) is 0 Å². The number of carbonyl (C=O) groups excluding carboxylic acids is 2. The second-order valence-electron chi connectivity index (χ2n) is 23.4. The van der Waals surface area contributed by atoms with Gasteiger partial charge in [0.2, 0.25) is 11.5 Å². The molecule has 73 heavy (non-hydrogen) atoms. The Bertz CT molecular complexity index is 3220. The lowest BCUT2D eigenvalue weighted by atomic mass is 9.50. The molecule has 0 aliphatic heterocycles. The number of ketones is 2. The van der Waals surface area contributed by atoms with Gasteiger partial charge in [-0.15, -0.1) is 0 Å². The molecule has 0 bridgehead atoms. The summed E-state index contributed by atoms with van der Waals surface area (Å²) in [4.78, 5) is 84.5. The lowest BCUT2D eigenvalue weighted by Gasteiger charge is -2.52. The summed E-state index contributed by atoms with van der Waals surface area (Å²) in [5.74, 6) is 3.62. The Morgan fingerprint density at radius 1 is 0.699 bits per heavy atom. The van der Waals surface area contributed by atoms with E-state index in [1.807, 2.05) is 68.6 Å². The van der Waals surface area contributed by atoms with Gasteiger partial charge in [-0.25, -0.2) is 31.8 Å². The normalized spacial score (nSPS) is 28.2. The topological polar surface area (TPSA) is 206 Å². The fraction of sp³-hybridized carbons (Fsp3) is 0.625. The number of carbonyl (C=O) groups is 2. The highest BCUT2D eigenvalue weighted by Crippen LogP contribution is 2.57. The van der Waals surface area contributed by atoms with Crippen molar-refractivity contribution < 1.29 is 20.7 Å². The fourth-order valence-electron chi connectivity index (χ4n) is 14.3. The van der Waals surface area contributed by atoms with Crippen LogP contribution >= 0.6 is 0 Å². The van der Waals surface area contributed by atoms with Crippen LogP contribution in [0.2, 0.25) is 0 Å². The molecule has 1 saturated carbocycles. The van der Waals surface area contributed by atoms with Crippen molar-refractivity contribution in [2.75, 3.05) is 7.05 Å². The second-order valence-corrected chi connectivity index (χ2v) is 23.4. The predicted octanol–water partition coefficient (Wildman–Crippen LogP) is 7.18. The minimum Gasteiger partial charge on any atom is -0.361 e. The van der Waals surface area contributed by atoms with Gasteiger partial charge in [0.25, 0.3) is 22.7 Å². The molecule has 4 heterocycles. The standard InChI is InChI=1S/2C18H23N3O2.C18H21N3O2.CH5NO.CH4/c1-10-20-14-12(16(22)21(10)5)6-7-13-17(2,3)15-11(9-19-23-15)8-18(13,14)4;2*1-10-20-14-11(16(23)21(10)6)7-8-13-17(2,3)15(22)12(19-5)9-18(13,14)4;1-2-3;/h9,13H,6-8H2,1-5H3;12-13H,7-9H2,1-4,6H3;9,13H,7-8H2,1-4,6H3;2-3H,1H3;1H4/t13-,18-;12?,13-,18-;13-,18-;;/m000../s1/i;;;;1T. The third-order valence-electron chi connectivity index (χ3n) is 18.2. The molecule has 392 valence electrons. The van der Waals surface area contributed by atoms with E-state index in [1.54, 1.807) is 39.4 Å². The molecular formula is C56H76N10O7. The first-order valence-corrected chi connectivity index (χ1v) is 25.0. The Labute approximate surface area is 430 Å². The van der Waals surface area contributed by atoms with Crippen LogP contribution in [0.15, 0.2) is 36.9 Å². The minimum atomic E-state index is -0.636. The number of nitrogens with one attached hydrogen (secondary N) is 1. The molecule has 2 N–H and O–H groups in total. The largest absolute Gasteiger partial charge is 0.361 e. The van der Waals surface area contributed by atoms with Gasteiger partial charge in [-0.1, -0.05) is 80.9 Å². The molecule has 1 unspecified atom stereocenters. The highest BCUT2D eigenvalue weighted by Gasteiger charge is 2.61. The zero-order valence-electron chi connectivity index (χ0n) is 47.0. The van der Waals surface area contributed by atoms with Crippen LogP contribution in [0.4, 0.5) is 0 Å². The van der Waals surface area contributed by atoms with E-state index in [1.165, 1.54) is 14.5 Å². The molecule has 10 rings (SSSR count). The van der Waals surface area contributed by atoms with E-state index in [-0.39, 0.29) is 56.6 Å². The van der Waals surface area contributed by atoms with Crippen LogP contribution in [0.1, 0.15) is 159 Å². The number of aryl methyl sites for hydroxylation is 3. The quantitative estimate of drug-likeness (QED) is 0.133. The van der Waals surface area contributed by atoms with Crippen molar-refractivity contribution in [2.45, 2.75) is 170 Å². The van der Waals surface area contributed by atoms with Gasteiger partial charge in [0.15, 0.2) is 5.78 Å². The summed E-state index contributed by atoms with van der Waals surface area (Å²) in [5, 5.41) is 11.4. The molecule has 0 saturated heterocycles. The Balaban J connectivity index is 0.000000173. The van der Waals surface area contributed by atoms with Gasteiger partial charge in [-0.2, -0.15) is 0 Å². The zero-order chi connectivity index (χ0) is 55.6. The summed E-state index contributed by atoms with van der Waals surface area (Å²) < 4.78 is 16.2. The molecular weight excluding hydrogens is 925 g/mol. The van der Waals surface area contributed by atoms with Gasteiger partial charge in [0.1, 0.15) is 23.2 Å². The summed E-state index contributed by atoms with van der Waals surface area (Å²) in [7, 11) is 7.96. The van der Waals surface area contributed by atoms with Gasteiger partial charge in [-0.3, -0.25) is 32.9 Å². The Morgan fingerprint density at radius 2 is 1.12 bits per heavy atom. The Kier molecular flexibility index (Phi) is 14.4. The van der Waals surface area contributed by atoms with E-state index in [9.17, 15) is 24.0 Å². The van der Waals surface area contributed by atoms with Crippen LogP contribution in [0.25, 0.3) is 9.69 Å². The van der Waals surface area contributed by atoms with Crippen molar-refractivity contribution in [3.63, 3.8) is 0 Å². The van der Waals surface area contributed by atoms with Crippen LogP contribution in [0.3, 0.4) is 0 Å². The smallest absolute Gasteiger partial charge is 0.282 e. The molecule has 0 radical (unpaired) electrons. The summed E-state index contributed by atoms with van der Waals surface area (Å²) in [6.07, 6.45) is 9.52.